The minimum atomic E-state index is -4.42. The first-order chi connectivity index (χ1) is 7.87. The molecule has 0 saturated heterocycles. The van der Waals surface area contributed by atoms with Crippen LogP contribution in [0.5, 0.6) is 0 Å². The highest BCUT2D eigenvalue weighted by Gasteiger charge is 2.33. The molecule has 0 aliphatic heterocycles. The van der Waals surface area contributed by atoms with Gasteiger partial charge in [-0.15, -0.1) is 0 Å². The Hall–Kier alpha value is -1.50. The Balaban J connectivity index is 2.79. The molecule has 1 amide bonds. The molecule has 0 radical (unpaired) electrons. The number of furan rings is 1. The van der Waals surface area contributed by atoms with Gasteiger partial charge in [0, 0.05) is 6.54 Å². The Morgan fingerprint density at radius 2 is 2.12 bits per heavy atom. The average Bonchev–Trinajstić information content (AvgIpc) is 2.72. The number of nitrogens with zero attached hydrogens (tertiary/aromatic N) is 1. The van der Waals surface area contributed by atoms with Crippen LogP contribution in [-0.4, -0.2) is 30.1 Å². The van der Waals surface area contributed by atoms with Gasteiger partial charge in [-0.1, -0.05) is 0 Å². The van der Waals surface area contributed by atoms with E-state index >= 15 is 0 Å². The van der Waals surface area contributed by atoms with Crippen LogP contribution >= 0.6 is 0 Å². The SMILES string of the molecule is CCN(CC(F)(F)F)C(=O)c1ccc(CN)o1. The number of halogens is 3. The maximum absolute atomic E-state index is 12.2. The van der Waals surface area contributed by atoms with E-state index in [9.17, 15) is 18.0 Å². The van der Waals surface area contributed by atoms with E-state index < -0.39 is 18.6 Å². The highest BCUT2D eigenvalue weighted by atomic mass is 19.4. The van der Waals surface area contributed by atoms with Gasteiger partial charge in [-0.2, -0.15) is 13.2 Å². The summed E-state index contributed by atoms with van der Waals surface area (Å²) in [5.74, 6) is -0.558. The van der Waals surface area contributed by atoms with Crippen LogP contribution in [0, 0.1) is 0 Å². The Labute approximate surface area is 96.2 Å². The van der Waals surface area contributed by atoms with Crippen LogP contribution < -0.4 is 5.73 Å². The molecule has 0 atom stereocenters. The standard InChI is InChI=1S/C10H13F3N2O2/c1-2-15(6-10(11,12)13)9(16)8-4-3-7(5-14)17-8/h3-4H,2,5-6,14H2,1H3. The molecule has 0 aliphatic rings. The minimum Gasteiger partial charge on any atom is -0.455 e. The molecule has 0 spiro atoms. The number of hydrogen-bond acceptors (Lipinski definition) is 3. The van der Waals surface area contributed by atoms with E-state index in [-0.39, 0.29) is 18.8 Å². The fourth-order valence-corrected chi connectivity index (χ4v) is 1.30. The second-order valence-electron chi connectivity index (χ2n) is 3.40. The summed E-state index contributed by atoms with van der Waals surface area (Å²) in [6.07, 6.45) is -4.42. The highest BCUT2D eigenvalue weighted by molar-refractivity contribution is 5.91. The van der Waals surface area contributed by atoms with Crippen molar-refractivity contribution in [3.8, 4) is 0 Å². The summed E-state index contributed by atoms with van der Waals surface area (Å²) in [7, 11) is 0. The van der Waals surface area contributed by atoms with Crippen molar-refractivity contribution in [3.63, 3.8) is 0 Å². The first kappa shape index (κ1) is 13.6. The molecule has 0 saturated carbocycles. The van der Waals surface area contributed by atoms with Crippen molar-refractivity contribution in [2.24, 2.45) is 5.73 Å². The molecule has 4 nitrogen and oxygen atoms in total. The molecule has 0 unspecified atom stereocenters. The second-order valence-corrected chi connectivity index (χ2v) is 3.40. The Morgan fingerprint density at radius 1 is 1.47 bits per heavy atom. The second kappa shape index (κ2) is 5.22. The van der Waals surface area contributed by atoms with Crippen LogP contribution in [0.15, 0.2) is 16.5 Å². The first-order valence-electron chi connectivity index (χ1n) is 5.02. The van der Waals surface area contributed by atoms with Crippen molar-refractivity contribution in [1.29, 1.82) is 0 Å². The van der Waals surface area contributed by atoms with Crippen molar-refractivity contribution in [3.05, 3.63) is 23.7 Å². The lowest BCUT2D eigenvalue weighted by Gasteiger charge is -2.20. The summed E-state index contributed by atoms with van der Waals surface area (Å²) in [4.78, 5) is 12.3. The third-order valence-electron chi connectivity index (χ3n) is 2.11. The van der Waals surface area contributed by atoms with Gasteiger partial charge in [-0.25, -0.2) is 0 Å². The maximum atomic E-state index is 12.2. The maximum Gasteiger partial charge on any atom is 0.406 e. The zero-order valence-electron chi connectivity index (χ0n) is 9.25. The molecule has 96 valence electrons. The number of rotatable bonds is 4. The Morgan fingerprint density at radius 3 is 2.53 bits per heavy atom. The Kier molecular flexibility index (Phi) is 4.17. The third-order valence-corrected chi connectivity index (χ3v) is 2.11. The monoisotopic (exact) mass is 250 g/mol. The predicted molar refractivity (Wildman–Crippen MR) is 54.2 cm³/mol. The molecule has 1 aromatic rings. The normalized spacial score (nSPS) is 11.6. The van der Waals surface area contributed by atoms with Crippen LogP contribution in [0.3, 0.4) is 0 Å². The van der Waals surface area contributed by atoms with Crippen molar-refractivity contribution >= 4 is 5.91 Å². The van der Waals surface area contributed by atoms with E-state index in [1.54, 1.807) is 0 Å². The smallest absolute Gasteiger partial charge is 0.406 e. The fraction of sp³-hybridized carbons (Fsp3) is 0.500. The van der Waals surface area contributed by atoms with E-state index in [4.69, 9.17) is 10.2 Å². The summed E-state index contributed by atoms with van der Waals surface area (Å²) < 4.78 is 41.6. The molecule has 1 heterocycles. The van der Waals surface area contributed by atoms with Crippen LogP contribution in [0.25, 0.3) is 0 Å². The molecule has 0 aliphatic carbocycles. The Bertz CT molecular complexity index is 387. The fourth-order valence-electron chi connectivity index (χ4n) is 1.30. The van der Waals surface area contributed by atoms with Gasteiger partial charge in [0.1, 0.15) is 12.3 Å². The molecule has 2 N–H and O–H groups in total. The van der Waals surface area contributed by atoms with Crippen molar-refractivity contribution in [2.75, 3.05) is 13.1 Å². The van der Waals surface area contributed by atoms with Gasteiger partial charge >= 0.3 is 6.18 Å². The van der Waals surface area contributed by atoms with Gasteiger partial charge in [0.25, 0.3) is 5.91 Å². The van der Waals surface area contributed by atoms with Crippen molar-refractivity contribution in [2.45, 2.75) is 19.6 Å². The van der Waals surface area contributed by atoms with Gasteiger partial charge in [0.05, 0.1) is 6.54 Å². The third kappa shape index (κ3) is 3.77. The average molecular weight is 250 g/mol. The van der Waals surface area contributed by atoms with E-state index in [1.807, 2.05) is 0 Å². The number of amides is 1. The van der Waals surface area contributed by atoms with Gasteiger partial charge in [0.15, 0.2) is 5.76 Å². The van der Waals surface area contributed by atoms with Crippen LogP contribution in [0.2, 0.25) is 0 Å². The minimum absolute atomic E-state index is 0.0446. The topological polar surface area (TPSA) is 59.5 Å². The number of hydrogen-bond donors (Lipinski definition) is 1. The van der Waals surface area contributed by atoms with Crippen LogP contribution in [0.4, 0.5) is 13.2 Å². The van der Waals surface area contributed by atoms with Gasteiger partial charge in [0.2, 0.25) is 0 Å². The molecule has 17 heavy (non-hydrogen) atoms. The van der Waals surface area contributed by atoms with Crippen LogP contribution in [-0.2, 0) is 6.54 Å². The highest BCUT2D eigenvalue weighted by Crippen LogP contribution is 2.18. The summed E-state index contributed by atoms with van der Waals surface area (Å²) in [6, 6.07) is 2.79. The van der Waals surface area contributed by atoms with Crippen molar-refractivity contribution in [1.82, 2.24) is 4.90 Å². The number of nitrogens with two attached hydrogens (primary N) is 1. The van der Waals surface area contributed by atoms with Crippen molar-refractivity contribution < 1.29 is 22.4 Å². The predicted octanol–water partition coefficient (Wildman–Crippen LogP) is 1.76. The number of alkyl halides is 3. The lowest BCUT2D eigenvalue weighted by Crippen LogP contribution is -2.38. The first-order valence-corrected chi connectivity index (χ1v) is 5.02. The zero-order valence-corrected chi connectivity index (χ0v) is 9.25. The zero-order chi connectivity index (χ0) is 13.1. The summed E-state index contributed by atoms with van der Waals surface area (Å²) in [6.45, 7) is 0.229. The molecule has 1 rings (SSSR count). The van der Waals surface area contributed by atoms with E-state index in [1.165, 1.54) is 19.1 Å². The molecular formula is C10H13F3N2O2. The van der Waals surface area contributed by atoms with E-state index in [0.29, 0.717) is 10.7 Å². The molecular weight excluding hydrogens is 237 g/mol. The van der Waals surface area contributed by atoms with Gasteiger partial charge in [-0.05, 0) is 19.1 Å². The summed E-state index contributed by atoms with van der Waals surface area (Å²) in [5.41, 5.74) is 5.28. The molecule has 0 fully saturated rings. The molecule has 7 heteroatoms. The van der Waals surface area contributed by atoms with E-state index in [2.05, 4.69) is 0 Å². The lowest BCUT2D eigenvalue weighted by molar-refractivity contribution is -0.140. The largest absolute Gasteiger partial charge is 0.455 e. The summed E-state index contributed by atoms with van der Waals surface area (Å²) in [5, 5.41) is 0. The molecule has 0 aromatic carbocycles. The number of carbonyl (C=O) groups excluding carboxylic acids is 1. The van der Waals surface area contributed by atoms with E-state index in [0.717, 1.165) is 0 Å². The quantitative estimate of drug-likeness (QED) is 0.885. The summed E-state index contributed by atoms with van der Waals surface area (Å²) >= 11 is 0. The molecule has 0 bridgehead atoms. The molecule has 1 aromatic heterocycles. The number of carbonyl (C=O) groups is 1. The van der Waals surface area contributed by atoms with Gasteiger partial charge < -0.3 is 15.1 Å². The lowest BCUT2D eigenvalue weighted by atomic mass is 10.3. The van der Waals surface area contributed by atoms with Gasteiger partial charge in [-0.3, -0.25) is 4.79 Å². The van der Waals surface area contributed by atoms with Crippen LogP contribution in [0.1, 0.15) is 23.2 Å².